The quantitative estimate of drug-likeness (QED) is 0.112. The van der Waals surface area contributed by atoms with Crippen LogP contribution in [0.25, 0.3) is 42.9 Å². The molecule has 2 fully saturated rings. The Morgan fingerprint density at radius 3 is 1.64 bits per heavy atom. The highest BCUT2D eigenvalue weighted by Gasteiger charge is 2.39. The molecule has 2 aliphatic rings. The number of aryl methyl sites for hydroxylation is 1. The zero-order valence-corrected chi connectivity index (χ0v) is 34.3. The molecule has 2 aromatic carbocycles. The van der Waals surface area contributed by atoms with Crippen LogP contribution in [0, 0.1) is 30.4 Å². The fourth-order valence-electron chi connectivity index (χ4n) is 8.05. The molecular weight excluding hydrogens is 771 g/mol. The van der Waals surface area contributed by atoms with Crippen molar-refractivity contribution in [2.75, 3.05) is 27.3 Å². The van der Waals surface area contributed by atoms with E-state index in [-0.39, 0.29) is 35.7 Å². The number of fused-ring (bicyclic) bond motifs is 2. The Balaban J connectivity index is 1.15. The lowest BCUT2D eigenvalue weighted by Crippen LogP contribution is -2.51. The van der Waals surface area contributed by atoms with Crippen LogP contribution in [0.1, 0.15) is 82.7 Å². The van der Waals surface area contributed by atoms with Gasteiger partial charge in [0.05, 0.1) is 48.4 Å². The summed E-state index contributed by atoms with van der Waals surface area (Å²) in [5.74, 6) is -0.789. The number of benzene rings is 2. The highest BCUT2D eigenvalue weighted by atomic mass is 32.1. The molecule has 0 spiro atoms. The Hall–Kier alpha value is -5.58. The SMILES string of the molecule is COC(=O)N[C@H](C(=O)N1CCC[C@H]1c1nc2cc(F)c(-c3cc(C)c(-c4cc5[nH]c([C@@H]6CCCN6C(=O)[C@@H](NC(=O)OC)C(C)C)nc5cc4F)s3)cc2[nH]1)C(C)C. The third kappa shape index (κ3) is 7.71. The summed E-state index contributed by atoms with van der Waals surface area (Å²) in [7, 11) is 2.50. The average Bonchev–Trinajstić information content (AvgIpc) is 4.04. The van der Waals surface area contributed by atoms with Gasteiger partial charge in [0, 0.05) is 46.1 Å². The molecule has 3 aromatic heterocycles. The summed E-state index contributed by atoms with van der Waals surface area (Å²) in [5.41, 5.74) is 3.40. The molecule has 0 saturated carbocycles. The molecule has 4 atom stereocenters. The number of methoxy groups -OCH3 is 2. The molecule has 0 unspecified atom stereocenters. The zero-order chi connectivity index (χ0) is 41.6. The number of thiophene rings is 1. The lowest BCUT2D eigenvalue weighted by atomic mass is 10.0. The van der Waals surface area contributed by atoms with Crippen LogP contribution in [0.5, 0.6) is 0 Å². The van der Waals surface area contributed by atoms with Crippen LogP contribution in [0.2, 0.25) is 0 Å². The minimum Gasteiger partial charge on any atom is -0.453 e. The van der Waals surface area contributed by atoms with Gasteiger partial charge in [-0.05, 0) is 68.2 Å². The first-order chi connectivity index (χ1) is 27.7. The average molecular weight is 819 g/mol. The summed E-state index contributed by atoms with van der Waals surface area (Å²) in [4.78, 5) is 72.0. The van der Waals surface area contributed by atoms with E-state index in [0.29, 0.717) is 80.5 Å². The van der Waals surface area contributed by atoms with Gasteiger partial charge >= 0.3 is 12.2 Å². The first-order valence-corrected chi connectivity index (χ1v) is 20.3. The van der Waals surface area contributed by atoms with Crippen molar-refractivity contribution in [3.8, 4) is 20.9 Å². The molecule has 17 heteroatoms. The lowest BCUT2D eigenvalue weighted by Gasteiger charge is -2.29. The number of nitrogens with one attached hydrogen (secondary N) is 4. The Morgan fingerprint density at radius 2 is 1.19 bits per heavy atom. The number of H-pyrrole nitrogens is 2. The van der Waals surface area contributed by atoms with Gasteiger partial charge in [-0.1, -0.05) is 27.7 Å². The summed E-state index contributed by atoms with van der Waals surface area (Å²) in [6.45, 7) is 10.2. The standard InChI is InChI=1S/C41H48F2N8O6S/c1-19(2)33(48-40(54)56-6)38(52)50-12-8-10-30(50)36-44-26-15-22(24(42)17-28(26)46-36)32-14-21(5)35(58-32)23-16-27-29(18-25(23)43)47-37(45-27)31-11-9-13-51(31)39(53)34(20(3)4)49-41(55)57-7/h14-20,30-31,33-34H,8-13H2,1-7H3,(H,44,46)(H,45,47)(H,48,54)(H,49,55)/t30-,31-,33-,34-/m0/s1. The smallest absolute Gasteiger partial charge is 0.407 e. The molecule has 4 N–H and O–H groups in total. The molecule has 0 radical (unpaired) electrons. The van der Waals surface area contributed by atoms with E-state index in [1.54, 1.807) is 21.9 Å². The molecular formula is C41H48F2N8O6S. The predicted molar refractivity (Wildman–Crippen MR) is 215 cm³/mol. The van der Waals surface area contributed by atoms with Crippen LogP contribution in [0.15, 0.2) is 30.3 Å². The summed E-state index contributed by atoms with van der Waals surface area (Å²) in [5, 5.41) is 5.30. The fraction of sp³-hybridized carbons (Fsp3) is 0.463. The Morgan fingerprint density at radius 1 is 0.741 bits per heavy atom. The normalized spacial score (nSPS) is 18.1. The van der Waals surface area contributed by atoms with Gasteiger partial charge in [0.25, 0.3) is 0 Å². The Bertz CT molecular complexity index is 2390. The number of rotatable bonds is 10. The molecule has 14 nitrogen and oxygen atoms in total. The van der Waals surface area contributed by atoms with E-state index < -0.39 is 35.9 Å². The van der Waals surface area contributed by atoms with E-state index in [4.69, 9.17) is 19.4 Å². The van der Waals surface area contributed by atoms with Gasteiger partial charge < -0.3 is 39.9 Å². The van der Waals surface area contributed by atoms with Crippen LogP contribution in [-0.4, -0.2) is 93.1 Å². The van der Waals surface area contributed by atoms with Gasteiger partial charge in [0.2, 0.25) is 11.8 Å². The summed E-state index contributed by atoms with van der Waals surface area (Å²) in [6, 6.07) is 5.60. The highest BCUT2D eigenvalue weighted by molar-refractivity contribution is 7.19. The van der Waals surface area contributed by atoms with Gasteiger partial charge in [-0.2, -0.15) is 0 Å². The van der Waals surface area contributed by atoms with Crippen molar-refractivity contribution < 1.29 is 37.4 Å². The van der Waals surface area contributed by atoms with Crippen molar-refractivity contribution in [2.45, 2.75) is 84.5 Å². The molecule has 5 aromatic rings. The molecule has 58 heavy (non-hydrogen) atoms. The minimum atomic E-state index is -0.785. The minimum absolute atomic E-state index is 0.186. The van der Waals surface area contributed by atoms with Crippen molar-refractivity contribution in [1.82, 2.24) is 40.4 Å². The van der Waals surface area contributed by atoms with Gasteiger partial charge in [-0.25, -0.2) is 28.3 Å². The van der Waals surface area contributed by atoms with Gasteiger partial charge in [-0.15, -0.1) is 11.3 Å². The molecule has 308 valence electrons. The van der Waals surface area contributed by atoms with Crippen molar-refractivity contribution >= 4 is 57.4 Å². The second-order valence-electron chi connectivity index (χ2n) is 15.7. The van der Waals surface area contributed by atoms with E-state index in [1.807, 2.05) is 40.7 Å². The van der Waals surface area contributed by atoms with E-state index in [2.05, 4.69) is 20.6 Å². The molecule has 2 aliphatic heterocycles. The summed E-state index contributed by atoms with van der Waals surface area (Å²) in [6.07, 6.45) is 1.40. The number of aromatic amines is 2. The van der Waals surface area contributed by atoms with Gasteiger partial charge in [-0.3, -0.25) is 9.59 Å². The fourth-order valence-corrected chi connectivity index (χ4v) is 9.26. The second-order valence-corrected chi connectivity index (χ2v) is 16.7. The van der Waals surface area contributed by atoms with Crippen LogP contribution < -0.4 is 10.6 Å². The maximum Gasteiger partial charge on any atom is 0.407 e. The number of carbonyl (C=O) groups excluding carboxylic acids is 4. The van der Waals surface area contributed by atoms with Crippen molar-refractivity contribution in [1.29, 1.82) is 0 Å². The van der Waals surface area contributed by atoms with Crippen molar-refractivity contribution in [2.24, 2.45) is 11.8 Å². The largest absolute Gasteiger partial charge is 0.453 e. The summed E-state index contributed by atoms with van der Waals surface area (Å²) >= 11 is 1.27. The van der Waals surface area contributed by atoms with Crippen LogP contribution >= 0.6 is 11.3 Å². The summed E-state index contributed by atoms with van der Waals surface area (Å²) < 4.78 is 41.3. The third-order valence-electron chi connectivity index (χ3n) is 11.1. The number of hydrogen-bond donors (Lipinski definition) is 4. The molecule has 2 saturated heterocycles. The number of ether oxygens (including phenoxy) is 2. The van der Waals surface area contributed by atoms with Crippen LogP contribution in [0.3, 0.4) is 0 Å². The van der Waals surface area contributed by atoms with E-state index in [1.165, 1.54) is 37.7 Å². The number of halogens is 2. The number of likely N-dealkylation sites (tertiary alicyclic amines) is 2. The number of alkyl carbamates (subject to hydrolysis) is 2. The molecule has 0 aliphatic carbocycles. The maximum absolute atomic E-state index is 15.9. The molecule has 5 heterocycles. The highest BCUT2D eigenvalue weighted by Crippen LogP contribution is 2.42. The number of hydrogen-bond acceptors (Lipinski definition) is 9. The van der Waals surface area contributed by atoms with E-state index in [9.17, 15) is 19.2 Å². The number of carbonyl (C=O) groups is 4. The number of amides is 4. The first-order valence-electron chi connectivity index (χ1n) is 19.5. The topological polar surface area (TPSA) is 175 Å². The van der Waals surface area contributed by atoms with Gasteiger partial charge in [0.1, 0.15) is 35.4 Å². The second kappa shape index (κ2) is 16.3. The number of imidazole rings is 2. The first kappa shape index (κ1) is 40.6. The number of nitrogens with zero attached hydrogens (tertiary/aromatic N) is 4. The lowest BCUT2D eigenvalue weighted by molar-refractivity contribution is -0.136. The zero-order valence-electron chi connectivity index (χ0n) is 33.5. The third-order valence-corrected chi connectivity index (χ3v) is 12.4. The van der Waals surface area contributed by atoms with Crippen molar-refractivity contribution in [3.63, 3.8) is 0 Å². The van der Waals surface area contributed by atoms with Crippen molar-refractivity contribution in [3.05, 3.63) is 59.2 Å². The van der Waals surface area contributed by atoms with Crippen LogP contribution in [-0.2, 0) is 19.1 Å². The Labute approximate surface area is 338 Å². The Kier molecular flexibility index (Phi) is 11.4. The number of aromatic nitrogens is 4. The monoisotopic (exact) mass is 818 g/mol. The maximum atomic E-state index is 15.9. The van der Waals surface area contributed by atoms with Crippen LogP contribution in [0.4, 0.5) is 18.4 Å². The van der Waals surface area contributed by atoms with E-state index in [0.717, 1.165) is 18.4 Å². The molecule has 7 rings (SSSR count). The predicted octanol–water partition coefficient (Wildman–Crippen LogP) is 7.51. The molecule has 4 amide bonds. The molecule has 0 bridgehead atoms. The van der Waals surface area contributed by atoms with Gasteiger partial charge in [0.15, 0.2) is 0 Å². The van der Waals surface area contributed by atoms with E-state index >= 15 is 8.78 Å².